The van der Waals surface area contributed by atoms with Crippen molar-refractivity contribution < 1.29 is 19.1 Å². The van der Waals surface area contributed by atoms with Gasteiger partial charge in [0, 0.05) is 26.0 Å². The van der Waals surface area contributed by atoms with Gasteiger partial charge in [0.2, 0.25) is 11.8 Å². The molecule has 6 nitrogen and oxygen atoms in total. The molecule has 148 valence electrons. The fourth-order valence-electron chi connectivity index (χ4n) is 4.04. The van der Waals surface area contributed by atoms with Crippen LogP contribution >= 0.6 is 0 Å². The first-order valence-corrected chi connectivity index (χ1v) is 9.98. The van der Waals surface area contributed by atoms with E-state index >= 15 is 0 Å². The van der Waals surface area contributed by atoms with Crippen molar-refractivity contribution >= 4 is 11.8 Å². The molecular weight excluding hydrogens is 344 g/mol. The molecule has 1 N–H and O–H groups in total. The summed E-state index contributed by atoms with van der Waals surface area (Å²) in [5.74, 6) is 0.813. The highest BCUT2D eigenvalue weighted by molar-refractivity contribution is 5.89. The lowest BCUT2D eigenvalue weighted by Gasteiger charge is -2.29. The average molecular weight is 374 g/mol. The Bertz CT molecular complexity index is 616. The van der Waals surface area contributed by atoms with E-state index in [0.717, 1.165) is 31.4 Å². The maximum atomic E-state index is 13.1. The Morgan fingerprint density at radius 1 is 1.15 bits per heavy atom. The highest BCUT2D eigenvalue weighted by Crippen LogP contribution is 2.30. The monoisotopic (exact) mass is 374 g/mol. The van der Waals surface area contributed by atoms with Crippen LogP contribution in [0.15, 0.2) is 30.3 Å². The second-order valence-electron chi connectivity index (χ2n) is 7.41. The summed E-state index contributed by atoms with van der Waals surface area (Å²) in [5, 5.41) is 2.88. The summed E-state index contributed by atoms with van der Waals surface area (Å²) in [5.41, 5.74) is 0. The summed E-state index contributed by atoms with van der Waals surface area (Å²) in [6.45, 7) is 1.37. The van der Waals surface area contributed by atoms with Gasteiger partial charge in [-0.05, 0) is 25.0 Å². The Kier molecular flexibility index (Phi) is 7.10. The predicted octanol–water partition coefficient (Wildman–Crippen LogP) is 2.38. The van der Waals surface area contributed by atoms with Gasteiger partial charge in [0.1, 0.15) is 17.9 Å². The van der Waals surface area contributed by atoms with Crippen molar-refractivity contribution in [3.63, 3.8) is 0 Å². The SMILES string of the molecule is COCCNC(=O)[C@@H]1C[C@H](Oc2ccccc2)CN1C(=O)C1CCCCC1. The number of hydrogen-bond acceptors (Lipinski definition) is 4. The van der Waals surface area contributed by atoms with Crippen LogP contribution in [0.3, 0.4) is 0 Å². The molecular formula is C21H30N2O4. The zero-order valence-corrected chi connectivity index (χ0v) is 16.1. The second kappa shape index (κ2) is 9.74. The lowest BCUT2D eigenvalue weighted by molar-refractivity contribution is -0.142. The fraction of sp³-hybridized carbons (Fsp3) is 0.619. The third kappa shape index (κ3) is 5.22. The number of carbonyl (C=O) groups is 2. The van der Waals surface area contributed by atoms with Crippen LogP contribution in [0.25, 0.3) is 0 Å². The van der Waals surface area contributed by atoms with Crippen molar-refractivity contribution in [2.75, 3.05) is 26.8 Å². The molecule has 1 aliphatic heterocycles. The van der Waals surface area contributed by atoms with Gasteiger partial charge in [-0.15, -0.1) is 0 Å². The molecule has 2 amide bonds. The topological polar surface area (TPSA) is 67.9 Å². The van der Waals surface area contributed by atoms with Crippen molar-refractivity contribution in [2.45, 2.75) is 50.7 Å². The van der Waals surface area contributed by atoms with Gasteiger partial charge in [-0.2, -0.15) is 0 Å². The molecule has 27 heavy (non-hydrogen) atoms. The Hall–Kier alpha value is -2.08. The Morgan fingerprint density at radius 3 is 2.59 bits per heavy atom. The van der Waals surface area contributed by atoms with E-state index in [0.29, 0.717) is 26.1 Å². The normalized spacial score (nSPS) is 23.2. The molecule has 2 aliphatic rings. The summed E-state index contributed by atoms with van der Waals surface area (Å²) in [6.07, 6.45) is 5.60. The second-order valence-corrected chi connectivity index (χ2v) is 7.41. The first kappa shape index (κ1) is 19.7. The smallest absolute Gasteiger partial charge is 0.243 e. The largest absolute Gasteiger partial charge is 0.488 e. The van der Waals surface area contributed by atoms with Gasteiger partial charge in [0.05, 0.1) is 13.2 Å². The molecule has 1 aliphatic carbocycles. The third-order valence-corrected chi connectivity index (χ3v) is 5.45. The molecule has 3 rings (SSSR count). The summed E-state index contributed by atoms with van der Waals surface area (Å²) in [6, 6.07) is 9.12. The zero-order valence-electron chi connectivity index (χ0n) is 16.1. The zero-order chi connectivity index (χ0) is 19.1. The number of para-hydroxylation sites is 1. The van der Waals surface area contributed by atoms with Crippen LogP contribution in [0.5, 0.6) is 5.75 Å². The van der Waals surface area contributed by atoms with Gasteiger partial charge in [-0.25, -0.2) is 0 Å². The molecule has 0 unspecified atom stereocenters. The van der Waals surface area contributed by atoms with Crippen LogP contribution in [-0.2, 0) is 14.3 Å². The minimum atomic E-state index is -0.468. The minimum absolute atomic E-state index is 0.0449. The number of nitrogens with zero attached hydrogens (tertiary/aromatic N) is 1. The number of carbonyl (C=O) groups excluding carboxylic acids is 2. The summed E-state index contributed by atoms with van der Waals surface area (Å²) >= 11 is 0. The van der Waals surface area contributed by atoms with E-state index in [2.05, 4.69) is 5.32 Å². The maximum Gasteiger partial charge on any atom is 0.243 e. The van der Waals surface area contributed by atoms with E-state index in [1.807, 2.05) is 30.3 Å². The maximum absolute atomic E-state index is 13.1. The van der Waals surface area contributed by atoms with E-state index < -0.39 is 6.04 Å². The number of amides is 2. The molecule has 0 bridgehead atoms. The standard InChI is InChI=1S/C21H30N2O4/c1-26-13-12-22-20(24)19-14-18(27-17-10-6-3-7-11-17)15-23(19)21(25)16-8-4-2-5-9-16/h3,6-7,10-11,16,18-19H,2,4-5,8-9,12-15H2,1H3,(H,22,24)/t18-,19-/m0/s1. The number of nitrogens with one attached hydrogen (secondary N) is 1. The van der Waals surface area contributed by atoms with Gasteiger partial charge < -0.3 is 19.7 Å². The molecule has 0 radical (unpaired) electrons. The van der Waals surface area contributed by atoms with Crippen LogP contribution < -0.4 is 10.1 Å². The van der Waals surface area contributed by atoms with Crippen molar-refractivity contribution in [1.82, 2.24) is 10.2 Å². The highest BCUT2D eigenvalue weighted by atomic mass is 16.5. The van der Waals surface area contributed by atoms with Crippen LogP contribution in [0.1, 0.15) is 38.5 Å². The minimum Gasteiger partial charge on any atom is -0.488 e. The molecule has 1 saturated heterocycles. The average Bonchev–Trinajstić information content (AvgIpc) is 3.13. The van der Waals surface area contributed by atoms with Gasteiger partial charge in [-0.1, -0.05) is 37.5 Å². The third-order valence-electron chi connectivity index (χ3n) is 5.45. The van der Waals surface area contributed by atoms with Gasteiger partial charge in [0.25, 0.3) is 0 Å². The summed E-state index contributed by atoms with van der Waals surface area (Å²) in [7, 11) is 1.60. The fourth-order valence-corrected chi connectivity index (χ4v) is 4.04. The van der Waals surface area contributed by atoms with E-state index in [1.165, 1.54) is 6.42 Å². The summed E-state index contributed by atoms with van der Waals surface area (Å²) < 4.78 is 11.1. The van der Waals surface area contributed by atoms with E-state index in [9.17, 15) is 9.59 Å². The summed E-state index contributed by atoms with van der Waals surface area (Å²) in [4.78, 5) is 27.6. The van der Waals surface area contributed by atoms with E-state index in [1.54, 1.807) is 12.0 Å². The van der Waals surface area contributed by atoms with Crippen LogP contribution in [-0.4, -0.2) is 55.7 Å². The van der Waals surface area contributed by atoms with Gasteiger partial charge in [-0.3, -0.25) is 9.59 Å². The molecule has 0 aromatic heterocycles. The molecule has 0 spiro atoms. The molecule has 2 atom stereocenters. The quantitative estimate of drug-likeness (QED) is 0.744. The molecule has 1 saturated carbocycles. The molecule has 1 heterocycles. The van der Waals surface area contributed by atoms with Crippen LogP contribution in [0.4, 0.5) is 0 Å². The van der Waals surface area contributed by atoms with E-state index in [4.69, 9.17) is 9.47 Å². The Morgan fingerprint density at radius 2 is 1.89 bits per heavy atom. The first-order chi connectivity index (χ1) is 13.2. The Balaban J connectivity index is 1.68. The number of rotatable bonds is 7. The lowest BCUT2D eigenvalue weighted by atomic mass is 9.88. The molecule has 1 aromatic rings. The Labute approximate surface area is 161 Å². The highest BCUT2D eigenvalue weighted by Gasteiger charge is 2.42. The molecule has 1 aromatic carbocycles. The van der Waals surface area contributed by atoms with Gasteiger partial charge >= 0.3 is 0 Å². The van der Waals surface area contributed by atoms with Crippen molar-refractivity contribution in [2.24, 2.45) is 5.92 Å². The van der Waals surface area contributed by atoms with Gasteiger partial charge in [0.15, 0.2) is 0 Å². The number of methoxy groups -OCH3 is 1. The molecule has 6 heteroatoms. The van der Waals surface area contributed by atoms with Crippen LogP contribution in [0.2, 0.25) is 0 Å². The van der Waals surface area contributed by atoms with Crippen LogP contribution in [0, 0.1) is 5.92 Å². The number of likely N-dealkylation sites (tertiary alicyclic amines) is 1. The first-order valence-electron chi connectivity index (χ1n) is 9.98. The lowest BCUT2D eigenvalue weighted by Crippen LogP contribution is -2.48. The van der Waals surface area contributed by atoms with Crippen molar-refractivity contribution in [1.29, 1.82) is 0 Å². The van der Waals surface area contributed by atoms with E-state index in [-0.39, 0.29) is 23.8 Å². The number of hydrogen-bond donors (Lipinski definition) is 1. The van der Waals surface area contributed by atoms with Crippen molar-refractivity contribution in [3.05, 3.63) is 30.3 Å². The number of ether oxygens (including phenoxy) is 2. The number of benzene rings is 1. The molecule has 2 fully saturated rings. The predicted molar refractivity (Wildman–Crippen MR) is 102 cm³/mol. The van der Waals surface area contributed by atoms with Crippen molar-refractivity contribution in [3.8, 4) is 5.75 Å².